The van der Waals surface area contributed by atoms with Gasteiger partial charge >= 0.3 is 6.09 Å². The first kappa shape index (κ1) is 20.6. The molecule has 0 saturated carbocycles. The van der Waals surface area contributed by atoms with Gasteiger partial charge < -0.3 is 14.5 Å². The number of piperidine rings is 1. The van der Waals surface area contributed by atoms with Crippen LogP contribution in [0, 0.1) is 0 Å². The average molecular weight is 359 g/mol. The standard InChI is InChI=1S/C16H30N2O5Si/c1-15(2,3)22-14(21)17-10-9-11(13(20)18-12(10)19)23-24(7,8)16(4,5)6/h10-11H,9H2,1-8H3,(H,17,21)(H,18,19,20)/t10-,11+/m0/s1. The summed E-state index contributed by atoms with van der Waals surface area (Å²) in [4.78, 5) is 35.9. The van der Waals surface area contributed by atoms with E-state index in [-0.39, 0.29) is 11.5 Å². The van der Waals surface area contributed by atoms with E-state index in [2.05, 4.69) is 31.4 Å². The van der Waals surface area contributed by atoms with Crippen LogP contribution in [0.15, 0.2) is 0 Å². The number of hydrogen-bond donors (Lipinski definition) is 2. The van der Waals surface area contributed by atoms with E-state index in [1.807, 2.05) is 13.1 Å². The van der Waals surface area contributed by atoms with Gasteiger partial charge in [-0.05, 0) is 38.9 Å². The molecular weight excluding hydrogens is 328 g/mol. The Labute approximate surface area is 145 Å². The Morgan fingerprint density at radius 3 is 2.12 bits per heavy atom. The van der Waals surface area contributed by atoms with Gasteiger partial charge in [0.05, 0.1) is 0 Å². The van der Waals surface area contributed by atoms with E-state index >= 15 is 0 Å². The second-order valence-electron chi connectivity index (χ2n) is 8.65. The van der Waals surface area contributed by atoms with Gasteiger partial charge in [-0.3, -0.25) is 14.9 Å². The number of carbonyl (C=O) groups excluding carboxylic acids is 3. The summed E-state index contributed by atoms with van der Waals surface area (Å²) in [7, 11) is -2.18. The topological polar surface area (TPSA) is 93.7 Å². The lowest BCUT2D eigenvalue weighted by molar-refractivity contribution is -0.141. The average Bonchev–Trinajstić information content (AvgIpc) is 2.31. The largest absolute Gasteiger partial charge is 0.444 e. The minimum absolute atomic E-state index is 0.0666. The Balaban J connectivity index is 2.79. The molecule has 0 bridgehead atoms. The SMILES string of the molecule is CC(C)(C)OC(=O)N[C@H]1C[C@@H](O[Si](C)(C)C(C)(C)C)C(=O)NC1=O. The van der Waals surface area contributed by atoms with Crippen molar-refractivity contribution < 1.29 is 23.5 Å². The molecule has 0 unspecified atom stereocenters. The van der Waals surface area contributed by atoms with Crippen LogP contribution in [-0.2, 0) is 18.8 Å². The Morgan fingerprint density at radius 2 is 1.67 bits per heavy atom. The summed E-state index contributed by atoms with van der Waals surface area (Å²) in [5.74, 6) is -0.993. The Bertz CT molecular complexity index is 520. The number of nitrogens with one attached hydrogen (secondary N) is 2. The normalized spacial score (nSPS) is 22.8. The molecule has 0 spiro atoms. The molecular formula is C16H30N2O5Si. The lowest BCUT2D eigenvalue weighted by atomic mass is 10.0. The molecule has 0 aromatic carbocycles. The highest BCUT2D eigenvalue weighted by Crippen LogP contribution is 2.38. The molecule has 24 heavy (non-hydrogen) atoms. The van der Waals surface area contributed by atoms with Gasteiger partial charge in [0.2, 0.25) is 5.91 Å². The minimum atomic E-state index is -2.18. The van der Waals surface area contributed by atoms with E-state index in [0.717, 1.165) is 0 Å². The van der Waals surface area contributed by atoms with E-state index in [1.54, 1.807) is 20.8 Å². The zero-order valence-electron chi connectivity index (χ0n) is 15.9. The molecule has 1 heterocycles. The lowest BCUT2D eigenvalue weighted by Crippen LogP contribution is -2.60. The van der Waals surface area contributed by atoms with Crippen LogP contribution in [0.4, 0.5) is 4.79 Å². The van der Waals surface area contributed by atoms with Gasteiger partial charge in [0, 0.05) is 6.42 Å². The van der Waals surface area contributed by atoms with Crippen LogP contribution < -0.4 is 10.6 Å². The minimum Gasteiger partial charge on any atom is -0.444 e. The second-order valence-corrected chi connectivity index (χ2v) is 13.4. The van der Waals surface area contributed by atoms with Gasteiger partial charge in [-0.15, -0.1) is 0 Å². The second kappa shape index (κ2) is 6.83. The van der Waals surface area contributed by atoms with Gasteiger partial charge in [-0.25, -0.2) is 4.79 Å². The molecule has 8 heteroatoms. The number of carbonyl (C=O) groups is 3. The van der Waals surface area contributed by atoms with Crippen LogP contribution in [0.3, 0.4) is 0 Å². The molecule has 2 atom stereocenters. The van der Waals surface area contributed by atoms with Crippen LogP contribution in [0.5, 0.6) is 0 Å². The summed E-state index contributed by atoms with van der Waals surface area (Å²) < 4.78 is 11.3. The summed E-state index contributed by atoms with van der Waals surface area (Å²) in [6.45, 7) is 15.5. The highest BCUT2D eigenvalue weighted by molar-refractivity contribution is 6.74. The Hall–Kier alpha value is -1.41. The fourth-order valence-corrected chi connectivity index (χ4v) is 3.19. The number of ether oxygens (including phenoxy) is 1. The third-order valence-electron chi connectivity index (χ3n) is 4.24. The molecule has 2 N–H and O–H groups in total. The smallest absolute Gasteiger partial charge is 0.408 e. The fraction of sp³-hybridized carbons (Fsp3) is 0.812. The monoisotopic (exact) mass is 358 g/mol. The molecule has 138 valence electrons. The molecule has 0 aliphatic carbocycles. The van der Waals surface area contributed by atoms with E-state index < -0.39 is 44.0 Å². The van der Waals surface area contributed by atoms with Crippen molar-refractivity contribution in [2.45, 2.75) is 83.8 Å². The molecule has 3 amide bonds. The molecule has 1 aliphatic heterocycles. The number of amides is 3. The van der Waals surface area contributed by atoms with Gasteiger partial charge in [0.15, 0.2) is 8.32 Å². The Morgan fingerprint density at radius 1 is 1.12 bits per heavy atom. The summed E-state index contributed by atoms with van der Waals surface area (Å²) in [5.41, 5.74) is -0.665. The lowest BCUT2D eigenvalue weighted by Gasteiger charge is -2.40. The van der Waals surface area contributed by atoms with Crippen LogP contribution in [0.1, 0.15) is 48.0 Å². The zero-order chi connectivity index (χ0) is 18.9. The number of hydrogen-bond acceptors (Lipinski definition) is 5. The number of imide groups is 1. The van der Waals surface area contributed by atoms with E-state index in [1.165, 1.54) is 0 Å². The van der Waals surface area contributed by atoms with Crippen molar-refractivity contribution >= 4 is 26.2 Å². The third kappa shape index (κ3) is 5.59. The van der Waals surface area contributed by atoms with Crippen molar-refractivity contribution in [1.29, 1.82) is 0 Å². The summed E-state index contributed by atoms with van der Waals surface area (Å²) in [6, 6.07) is -0.854. The molecule has 1 fully saturated rings. The summed E-state index contributed by atoms with van der Waals surface area (Å²) in [5, 5.41) is 4.71. The van der Waals surface area contributed by atoms with Crippen molar-refractivity contribution in [3.63, 3.8) is 0 Å². The van der Waals surface area contributed by atoms with Crippen LogP contribution >= 0.6 is 0 Å². The molecule has 1 aliphatic rings. The molecule has 0 radical (unpaired) electrons. The molecule has 1 rings (SSSR count). The van der Waals surface area contributed by atoms with Gasteiger partial charge in [0.25, 0.3) is 5.91 Å². The van der Waals surface area contributed by atoms with Gasteiger partial charge in [-0.2, -0.15) is 0 Å². The zero-order valence-corrected chi connectivity index (χ0v) is 16.9. The highest BCUT2D eigenvalue weighted by Gasteiger charge is 2.44. The van der Waals surface area contributed by atoms with Crippen LogP contribution in [-0.4, -0.2) is 44.0 Å². The first-order chi connectivity index (χ1) is 10.6. The molecule has 7 nitrogen and oxygen atoms in total. The van der Waals surface area contributed by atoms with Crippen LogP contribution in [0.2, 0.25) is 18.1 Å². The fourth-order valence-electron chi connectivity index (χ4n) is 1.93. The van der Waals surface area contributed by atoms with Crippen molar-refractivity contribution in [1.82, 2.24) is 10.6 Å². The Kier molecular flexibility index (Phi) is 5.88. The predicted octanol–water partition coefficient (Wildman–Crippen LogP) is 2.32. The first-order valence-corrected chi connectivity index (χ1v) is 11.1. The van der Waals surface area contributed by atoms with Crippen molar-refractivity contribution in [2.75, 3.05) is 0 Å². The van der Waals surface area contributed by atoms with Crippen molar-refractivity contribution in [3.05, 3.63) is 0 Å². The number of rotatable bonds is 3. The van der Waals surface area contributed by atoms with Gasteiger partial charge in [0.1, 0.15) is 17.7 Å². The van der Waals surface area contributed by atoms with Crippen molar-refractivity contribution in [2.24, 2.45) is 0 Å². The number of alkyl carbamates (subject to hydrolysis) is 1. The van der Waals surface area contributed by atoms with Gasteiger partial charge in [-0.1, -0.05) is 20.8 Å². The summed E-state index contributed by atoms with van der Waals surface area (Å²) >= 11 is 0. The maximum Gasteiger partial charge on any atom is 0.408 e. The quantitative estimate of drug-likeness (QED) is 0.596. The third-order valence-corrected chi connectivity index (χ3v) is 8.73. The van der Waals surface area contributed by atoms with E-state index in [4.69, 9.17) is 9.16 Å². The van der Waals surface area contributed by atoms with E-state index in [0.29, 0.717) is 0 Å². The molecule has 0 aromatic rings. The summed E-state index contributed by atoms with van der Waals surface area (Å²) in [6.07, 6.45) is -1.34. The maximum atomic E-state index is 12.1. The first-order valence-electron chi connectivity index (χ1n) is 8.14. The maximum absolute atomic E-state index is 12.1. The predicted molar refractivity (Wildman–Crippen MR) is 93.0 cm³/mol. The molecule has 0 aromatic heterocycles. The van der Waals surface area contributed by atoms with Crippen LogP contribution in [0.25, 0.3) is 0 Å². The van der Waals surface area contributed by atoms with E-state index in [9.17, 15) is 14.4 Å². The molecule has 1 saturated heterocycles. The highest BCUT2D eigenvalue weighted by atomic mass is 28.4. The van der Waals surface area contributed by atoms with Crippen molar-refractivity contribution in [3.8, 4) is 0 Å².